The molecule has 3 heterocycles. The number of fused-ring (bicyclic) bond motifs is 1. The number of aliphatic hydroxyl groups is 1. The van der Waals surface area contributed by atoms with Gasteiger partial charge in [-0.3, -0.25) is 14.7 Å². The van der Waals surface area contributed by atoms with E-state index in [1.54, 1.807) is 18.5 Å². The summed E-state index contributed by atoms with van der Waals surface area (Å²) in [6, 6.07) is 22.3. The Morgan fingerprint density at radius 1 is 0.941 bits per heavy atom. The van der Waals surface area contributed by atoms with Crippen LogP contribution in [0.25, 0.3) is 0 Å². The molecule has 0 spiro atoms. The molecule has 172 valence electrons. The van der Waals surface area contributed by atoms with E-state index in [0.717, 1.165) is 37.1 Å². The van der Waals surface area contributed by atoms with Gasteiger partial charge in [-0.25, -0.2) is 0 Å². The summed E-state index contributed by atoms with van der Waals surface area (Å²) in [4.78, 5) is 21.6. The van der Waals surface area contributed by atoms with Gasteiger partial charge in [0.05, 0.1) is 12.2 Å². The molecule has 2 fully saturated rings. The Morgan fingerprint density at radius 3 is 2.38 bits per heavy atom. The number of aliphatic hydroxyl groups excluding tert-OH is 1. The highest BCUT2D eigenvalue weighted by molar-refractivity contribution is 5.93. The molecule has 2 aromatic carbocycles. The van der Waals surface area contributed by atoms with Crippen molar-refractivity contribution in [3.63, 3.8) is 0 Å². The van der Waals surface area contributed by atoms with Crippen LogP contribution < -0.4 is 0 Å². The number of aromatic nitrogens is 1. The molecule has 2 aliphatic rings. The van der Waals surface area contributed by atoms with Gasteiger partial charge >= 0.3 is 0 Å². The fourth-order valence-electron chi connectivity index (χ4n) is 5.25. The molecule has 2 aliphatic heterocycles. The van der Waals surface area contributed by atoms with Crippen LogP contribution in [-0.2, 0) is 0 Å². The predicted molar refractivity (Wildman–Crippen MR) is 132 cm³/mol. The first-order chi connectivity index (χ1) is 16.7. The van der Waals surface area contributed by atoms with Gasteiger partial charge in [0.25, 0.3) is 5.91 Å². The van der Waals surface area contributed by atoms with Crippen molar-refractivity contribution in [2.45, 2.75) is 30.8 Å². The second-order valence-corrected chi connectivity index (χ2v) is 9.02. The molecule has 0 saturated carbocycles. The molecule has 3 aromatic rings. The third-order valence-electron chi connectivity index (χ3n) is 6.99. The summed E-state index contributed by atoms with van der Waals surface area (Å²) in [5, 5.41) is 10.2. The number of rotatable bonds is 3. The maximum absolute atomic E-state index is 13.2. The molecule has 2 saturated heterocycles. The Balaban J connectivity index is 1.35. The number of benzene rings is 2. The van der Waals surface area contributed by atoms with Gasteiger partial charge in [0.15, 0.2) is 0 Å². The van der Waals surface area contributed by atoms with Crippen molar-refractivity contribution >= 4 is 5.91 Å². The van der Waals surface area contributed by atoms with Crippen LogP contribution in [0.4, 0.5) is 0 Å². The number of amides is 1. The van der Waals surface area contributed by atoms with E-state index in [9.17, 15) is 9.90 Å². The number of hydrogen-bond donors (Lipinski definition) is 1. The average molecular weight is 452 g/mol. The second-order valence-electron chi connectivity index (χ2n) is 9.02. The molecule has 1 aromatic heterocycles. The van der Waals surface area contributed by atoms with Crippen molar-refractivity contribution in [2.75, 3.05) is 26.2 Å². The van der Waals surface area contributed by atoms with Crippen LogP contribution in [-0.4, -0.2) is 64.1 Å². The molecule has 1 amide bonds. The number of pyridine rings is 1. The minimum Gasteiger partial charge on any atom is -0.395 e. The topological polar surface area (TPSA) is 56.7 Å². The van der Waals surface area contributed by atoms with E-state index in [-0.39, 0.29) is 30.5 Å². The monoisotopic (exact) mass is 451 g/mol. The van der Waals surface area contributed by atoms with Crippen LogP contribution in [0.2, 0.25) is 0 Å². The van der Waals surface area contributed by atoms with Crippen molar-refractivity contribution < 1.29 is 9.90 Å². The number of nitrogens with zero attached hydrogens (tertiary/aromatic N) is 3. The van der Waals surface area contributed by atoms with E-state index in [2.05, 4.69) is 46.0 Å². The Hall–Kier alpha value is -3.46. The van der Waals surface area contributed by atoms with Crippen LogP contribution in [0.15, 0.2) is 79.1 Å². The zero-order chi connectivity index (χ0) is 23.3. The van der Waals surface area contributed by atoms with Crippen molar-refractivity contribution in [3.05, 3.63) is 101 Å². The lowest BCUT2D eigenvalue weighted by Gasteiger charge is -2.57. The summed E-state index contributed by atoms with van der Waals surface area (Å²) in [6.07, 6.45) is 5.31. The SMILES string of the molecule is O=C(c1cccnc1)N1CCCCN2[C@@H](CO)[C@@H](c3ccc(C#Cc4ccccc4)cc3)[C@@H]2C1. The fraction of sp³-hybridized carbons (Fsp3) is 0.310. The standard InChI is InChI=1S/C29H29N3O2/c33-21-27-28(24-14-12-23(13-15-24)11-10-22-7-2-1-3-8-22)26-20-31(17-4-5-18-32(26)27)29(34)25-9-6-16-30-19-25/h1-3,6-9,12-16,19,26-28,33H,4-5,17-18,20-21H2/t26-,27-,28-/m0/s1. The Morgan fingerprint density at radius 2 is 1.68 bits per heavy atom. The van der Waals surface area contributed by atoms with Gasteiger partial charge in [0.2, 0.25) is 0 Å². The second kappa shape index (κ2) is 10.2. The van der Waals surface area contributed by atoms with Gasteiger partial charge in [-0.2, -0.15) is 0 Å². The van der Waals surface area contributed by atoms with E-state index in [0.29, 0.717) is 12.1 Å². The van der Waals surface area contributed by atoms with Gasteiger partial charge in [-0.15, -0.1) is 0 Å². The lowest BCUT2D eigenvalue weighted by Crippen LogP contribution is -2.67. The Kier molecular flexibility index (Phi) is 6.71. The number of hydrogen-bond acceptors (Lipinski definition) is 4. The van der Waals surface area contributed by atoms with Gasteiger partial charge < -0.3 is 10.0 Å². The molecule has 34 heavy (non-hydrogen) atoms. The van der Waals surface area contributed by atoms with E-state index < -0.39 is 0 Å². The average Bonchev–Trinajstić information content (AvgIpc) is 2.88. The van der Waals surface area contributed by atoms with Gasteiger partial charge in [0.1, 0.15) is 0 Å². The van der Waals surface area contributed by atoms with E-state index in [4.69, 9.17) is 0 Å². The zero-order valence-corrected chi connectivity index (χ0v) is 19.2. The molecule has 0 aliphatic carbocycles. The first-order valence-electron chi connectivity index (χ1n) is 12.0. The molecule has 3 atom stereocenters. The van der Waals surface area contributed by atoms with Gasteiger partial charge in [-0.05, 0) is 61.3 Å². The predicted octanol–water partition coefficient (Wildman–Crippen LogP) is 3.55. The molecular formula is C29H29N3O2. The third-order valence-corrected chi connectivity index (χ3v) is 6.99. The van der Waals surface area contributed by atoms with Crippen LogP contribution >= 0.6 is 0 Å². The summed E-state index contributed by atoms with van der Waals surface area (Å²) in [6.45, 7) is 2.49. The highest BCUT2D eigenvalue weighted by Crippen LogP contribution is 2.42. The first-order valence-corrected chi connectivity index (χ1v) is 12.0. The van der Waals surface area contributed by atoms with Gasteiger partial charge in [0, 0.05) is 54.6 Å². The van der Waals surface area contributed by atoms with Crippen LogP contribution in [0, 0.1) is 11.8 Å². The molecule has 0 unspecified atom stereocenters. The smallest absolute Gasteiger partial charge is 0.255 e. The molecule has 0 bridgehead atoms. The lowest BCUT2D eigenvalue weighted by atomic mass is 9.74. The zero-order valence-electron chi connectivity index (χ0n) is 19.2. The summed E-state index contributed by atoms with van der Waals surface area (Å²) in [5.74, 6) is 6.66. The third kappa shape index (κ3) is 4.61. The number of carbonyl (C=O) groups is 1. The van der Waals surface area contributed by atoms with Crippen LogP contribution in [0.1, 0.15) is 45.8 Å². The molecule has 5 nitrogen and oxygen atoms in total. The van der Waals surface area contributed by atoms with Crippen molar-refractivity contribution in [1.82, 2.24) is 14.8 Å². The summed E-state index contributed by atoms with van der Waals surface area (Å²) in [5.41, 5.74) is 3.79. The lowest BCUT2D eigenvalue weighted by molar-refractivity contribution is -0.0606. The highest BCUT2D eigenvalue weighted by atomic mass is 16.3. The molecule has 5 rings (SSSR count). The maximum atomic E-state index is 13.2. The van der Waals surface area contributed by atoms with Gasteiger partial charge in [-0.1, -0.05) is 42.2 Å². The fourth-order valence-corrected chi connectivity index (χ4v) is 5.25. The molecule has 1 N–H and O–H groups in total. The quantitative estimate of drug-likeness (QED) is 0.619. The van der Waals surface area contributed by atoms with Crippen LogP contribution in [0.5, 0.6) is 0 Å². The van der Waals surface area contributed by atoms with E-state index in [1.807, 2.05) is 41.3 Å². The van der Waals surface area contributed by atoms with Crippen molar-refractivity contribution in [3.8, 4) is 11.8 Å². The summed E-state index contributed by atoms with van der Waals surface area (Å²) < 4.78 is 0. The minimum atomic E-state index is 0.0349. The van der Waals surface area contributed by atoms with Crippen molar-refractivity contribution in [2.24, 2.45) is 0 Å². The summed E-state index contributed by atoms with van der Waals surface area (Å²) >= 11 is 0. The summed E-state index contributed by atoms with van der Waals surface area (Å²) in [7, 11) is 0. The minimum absolute atomic E-state index is 0.0349. The van der Waals surface area contributed by atoms with Crippen LogP contribution in [0.3, 0.4) is 0 Å². The normalized spacial score (nSPS) is 22.4. The Bertz CT molecular complexity index is 1170. The highest BCUT2D eigenvalue weighted by Gasteiger charge is 2.49. The number of carbonyl (C=O) groups excluding carboxylic acids is 1. The molecular weight excluding hydrogens is 422 g/mol. The van der Waals surface area contributed by atoms with E-state index >= 15 is 0 Å². The molecule has 5 heteroatoms. The Labute approximate surface area is 201 Å². The molecule has 0 radical (unpaired) electrons. The maximum Gasteiger partial charge on any atom is 0.255 e. The van der Waals surface area contributed by atoms with E-state index in [1.165, 1.54) is 5.56 Å². The largest absolute Gasteiger partial charge is 0.395 e. The van der Waals surface area contributed by atoms with Crippen molar-refractivity contribution in [1.29, 1.82) is 0 Å². The first kappa shape index (κ1) is 22.3.